The Hall–Kier alpha value is -3.18. The fraction of sp³-hybridized carbons (Fsp3) is 0.238. The maximum Gasteiger partial charge on any atom is 0.421 e. The molecule has 0 unspecified atom stereocenters. The topological polar surface area (TPSA) is 77.7 Å². The summed E-state index contributed by atoms with van der Waals surface area (Å²) >= 11 is 0.931. The van der Waals surface area contributed by atoms with Gasteiger partial charge in [0.2, 0.25) is 0 Å². The van der Waals surface area contributed by atoms with Crippen molar-refractivity contribution in [2.45, 2.75) is 32.5 Å². The Labute approximate surface area is 185 Å². The van der Waals surface area contributed by atoms with Crippen LogP contribution in [0.3, 0.4) is 0 Å². The molecule has 3 rings (SSSR count). The number of thiazole rings is 1. The van der Waals surface area contributed by atoms with Gasteiger partial charge in [0, 0.05) is 10.9 Å². The van der Waals surface area contributed by atoms with E-state index in [9.17, 15) is 22.4 Å². The molecule has 3 aromatic rings. The van der Waals surface area contributed by atoms with Gasteiger partial charge in [0.05, 0.1) is 16.9 Å². The molecule has 0 radical (unpaired) electrons. The number of rotatable bonds is 4. The highest BCUT2D eigenvalue weighted by atomic mass is 32.1. The summed E-state index contributed by atoms with van der Waals surface area (Å²) in [5.74, 6) is 4.68. The quantitative estimate of drug-likeness (QED) is 0.359. The molecule has 32 heavy (non-hydrogen) atoms. The molecule has 0 saturated carbocycles. The van der Waals surface area contributed by atoms with Crippen LogP contribution in [0.25, 0.3) is 11.3 Å². The molecule has 1 amide bonds. The lowest BCUT2D eigenvalue weighted by molar-refractivity contribution is -0.137. The molecular weight excluding hydrogens is 450 g/mol. The van der Waals surface area contributed by atoms with E-state index in [-0.39, 0.29) is 27.8 Å². The number of carbonyl (C=O) groups is 1. The third kappa shape index (κ3) is 5.35. The fourth-order valence-electron chi connectivity index (χ4n) is 2.69. The maximum atomic E-state index is 14.3. The Morgan fingerprint density at radius 2 is 1.84 bits per heavy atom. The van der Waals surface area contributed by atoms with E-state index >= 15 is 0 Å². The van der Waals surface area contributed by atoms with Crippen molar-refractivity contribution in [3.05, 3.63) is 59.2 Å². The number of ether oxygens (including phenoxy) is 1. The van der Waals surface area contributed by atoms with Gasteiger partial charge < -0.3 is 9.57 Å². The molecule has 0 atom stereocenters. The van der Waals surface area contributed by atoms with E-state index in [0.717, 1.165) is 34.4 Å². The van der Waals surface area contributed by atoms with Crippen molar-refractivity contribution in [1.29, 1.82) is 0 Å². The first-order valence-corrected chi connectivity index (χ1v) is 10.1. The zero-order valence-electron chi connectivity index (χ0n) is 17.2. The molecule has 0 aliphatic carbocycles. The average Bonchev–Trinajstić information content (AvgIpc) is 3.16. The second kappa shape index (κ2) is 8.75. The van der Waals surface area contributed by atoms with Crippen LogP contribution in [-0.4, -0.2) is 16.7 Å². The number of aromatic nitrogens is 1. The molecule has 170 valence electrons. The van der Waals surface area contributed by atoms with Gasteiger partial charge in [-0.05, 0) is 57.2 Å². The van der Waals surface area contributed by atoms with Gasteiger partial charge in [0.25, 0.3) is 0 Å². The van der Waals surface area contributed by atoms with Gasteiger partial charge in [-0.15, -0.1) is 11.3 Å². The minimum atomic E-state index is -4.62. The van der Waals surface area contributed by atoms with E-state index < -0.39 is 29.3 Å². The largest absolute Gasteiger partial charge is 0.443 e. The predicted octanol–water partition coefficient (Wildman–Crippen LogP) is 6.29. The number of carbonyl (C=O) groups excluding carboxylic acids is 1. The van der Waals surface area contributed by atoms with Crippen molar-refractivity contribution in [3.63, 3.8) is 0 Å². The van der Waals surface area contributed by atoms with Crippen molar-refractivity contribution >= 4 is 28.2 Å². The predicted molar refractivity (Wildman–Crippen MR) is 112 cm³/mol. The monoisotopic (exact) mass is 469 g/mol. The van der Waals surface area contributed by atoms with Crippen molar-refractivity contribution in [3.8, 4) is 17.0 Å². The van der Waals surface area contributed by atoms with Gasteiger partial charge in [0.15, 0.2) is 5.13 Å². The Morgan fingerprint density at radius 1 is 1.12 bits per heavy atom. The molecule has 0 bridgehead atoms. The van der Waals surface area contributed by atoms with Crippen molar-refractivity contribution in [2.75, 3.05) is 4.90 Å². The van der Waals surface area contributed by atoms with Gasteiger partial charge in [-0.1, -0.05) is 6.07 Å². The zero-order valence-corrected chi connectivity index (χ0v) is 18.1. The van der Waals surface area contributed by atoms with E-state index in [4.69, 9.17) is 10.6 Å². The van der Waals surface area contributed by atoms with Crippen LogP contribution in [0.2, 0.25) is 0 Å². The molecule has 2 aromatic carbocycles. The molecule has 2 N–H and O–H groups in total. The number of alkyl halides is 3. The number of hydrogen-bond donors (Lipinski definition) is 1. The highest BCUT2D eigenvalue weighted by molar-refractivity contribution is 7.14. The Kier molecular flexibility index (Phi) is 6.42. The first-order valence-electron chi connectivity index (χ1n) is 9.21. The molecule has 0 fully saturated rings. The van der Waals surface area contributed by atoms with E-state index in [2.05, 4.69) is 9.82 Å². The lowest BCUT2D eigenvalue weighted by Gasteiger charge is -2.26. The van der Waals surface area contributed by atoms with Gasteiger partial charge in [0.1, 0.15) is 17.2 Å². The highest BCUT2D eigenvalue weighted by Crippen LogP contribution is 2.37. The van der Waals surface area contributed by atoms with Crippen LogP contribution in [0.5, 0.6) is 5.75 Å². The van der Waals surface area contributed by atoms with Crippen LogP contribution in [0.4, 0.5) is 33.2 Å². The highest BCUT2D eigenvalue weighted by Gasteiger charge is 2.33. The van der Waals surface area contributed by atoms with Gasteiger partial charge in [-0.2, -0.15) is 19.1 Å². The summed E-state index contributed by atoms with van der Waals surface area (Å²) in [5.41, 5.74) is -1.78. The van der Waals surface area contributed by atoms with Crippen LogP contribution in [0.1, 0.15) is 26.3 Å². The van der Waals surface area contributed by atoms with E-state index in [0.29, 0.717) is 0 Å². The van der Waals surface area contributed by atoms with Crippen LogP contribution in [0, 0.1) is 5.82 Å². The lowest BCUT2D eigenvalue weighted by Crippen LogP contribution is -2.34. The number of anilines is 2. The second-order valence-corrected chi connectivity index (χ2v) is 8.48. The summed E-state index contributed by atoms with van der Waals surface area (Å²) in [6.45, 7) is 4.86. The first kappa shape index (κ1) is 23.5. The average molecular weight is 469 g/mol. The third-order valence-electron chi connectivity index (χ3n) is 4.04. The molecule has 1 aromatic heterocycles. The van der Waals surface area contributed by atoms with Crippen LogP contribution in [-0.2, 0) is 10.9 Å². The molecular formula is C21H19F4N3O3S. The summed E-state index contributed by atoms with van der Waals surface area (Å²) in [6, 6.07) is 7.97. The van der Waals surface area contributed by atoms with Crippen molar-refractivity contribution in [2.24, 2.45) is 5.90 Å². The van der Waals surface area contributed by atoms with Crippen LogP contribution >= 0.6 is 11.3 Å². The van der Waals surface area contributed by atoms with Gasteiger partial charge in [-0.3, -0.25) is 0 Å². The molecule has 11 heteroatoms. The minimum Gasteiger partial charge on any atom is -0.443 e. The molecule has 0 aliphatic heterocycles. The third-order valence-corrected chi connectivity index (χ3v) is 4.87. The van der Waals surface area contributed by atoms with E-state index in [1.165, 1.54) is 29.6 Å². The molecule has 0 aliphatic rings. The number of nitrogens with zero attached hydrogens (tertiary/aromatic N) is 2. The smallest absolute Gasteiger partial charge is 0.421 e. The van der Waals surface area contributed by atoms with E-state index in [1.54, 1.807) is 20.8 Å². The molecule has 0 saturated heterocycles. The normalized spacial score (nSPS) is 11.9. The van der Waals surface area contributed by atoms with Crippen LogP contribution in [0.15, 0.2) is 47.8 Å². The number of halogens is 4. The number of benzene rings is 2. The fourth-order valence-corrected chi connectivity index (χ4v) is 3.52. The van der Waals surface area contributed by atoms with Crippen molar-refractivity contribution in [1.82, 2.24) is 4.98 Å². The van der Waals surface area contributed by atoms with Crippen molar-refractivity contribution < 1.29 is 31.9 Å². The zero-order chi connectivity index (χ0) is 23.7. The summed E-state index contributed by atoms with van der Waals surface area (Å²) in [5, 5.41) is 1.45. The molecule has 1 heterocycles. The summed E-state index contributed by atoms with van der Waals surface area (Å²) < 4.78 is 59.4. The number of amides is 1. The Morgan fingerprint density at radius 3 is 2.47 bits per heavy atom. The number of nitrogens with two attached hydrogens (primary N) is 1. The van der Waals surface area contributed by atoms with Crippen LogP contribution < -0.4 is 15.6 Å². The summed E-state index contributed by atoms with van der Waals surface area (Å²) in [4.78, 5) is 22.7. The summed E-state index contributed by atoms with van der Waals surface area (Å²) in [6.07, 6.45) is -5.55. The first-order chi connectivity index (χ1) is 14.9. The molecule has 0 spiro atoms. The number of hydrogen-bond acceptors (Lipinski definition) is 6. The van der Waals surface area contributed by atoms with Gasteiger partial charge in [-0.25, -0.2) is 19.1 Å². The molecule has 6 nitrogen and oxygen atoms in total. The maximum absolute atomic E-state index is 14.3. The Bertz CT molecular complexity index is 1130. The SMILES string of the molecule is CC(C)(C)OC(=O)N(c1cccc(C(F)(F)F)c1)c1nc(-c2cc(ON)ccc2F)cs1. The van der Waals surface area contributed by atoms with Gasteiger partial charge >= 0.3 is 12.3 Å². The Balaban J connectivity index is 2.09. The minimum absolute atomic E-state index is 0.00737. The second-order valence-electron chi connectivity index (χ2n) is 7.64. The summed E-state index contributed by atoms with van der Waals surface area (Å²) in [7, 11) is 0. The standard InChI is InChI=1S/C21H19F4N3O3S/c1-20(2,3)30-19(29)28(13-6-4-5-12(9-13)21(23,24)25)18-27-17(11-32-18)15-10-14(31-26)7-8-16(15)22/h4-11H,26H2,1-3H3. The lowest BCUT2D eigenvalue weighted by atomic mass is 10.1. The van der Waals surface area contributed by atoms with E-state index in [1.807, 2.05) is 0 Å².